The lowest BCUT2D eigenvalue weighted by Gasteiger charge is -2.28. The number of fused-ring (bicyclic) bond motifs is 1. The van der Waals surface area contributed by atoms with Gasteiger partial charge in [-0.3, -0.25) is 4.68 Å². The molecule has 0 saturated heterocycles. The highest BCUT2D eigenvalue weighted by Gasteiger charge is 2.49. The van der Waals surface area contributed by atoms with Gasteiger partial charge in [-0.15, -0.1) is 10.2 Å². The molecule has 0 spiro atoms. The second-order valence-electron chi connectivity index (χ2n) is 10.2. The van der Waals surface area contributed by atoms with Gasteiger partial charge in [-0.2, -0.15) is 9.40 Å². The van der Waals surface area contributed by atoms with E-state index in [1.165, 1.54) is 21.1 Å². The summed E-state index contributed by atoms with van der Waals surface area (Å²) in [6.07, 6.45) is -1.29. The minimum absolute atomic E-state index is 0.00947. The van der Waals surface area contributed by atoms with Crippen LogP contribution in [0.1, 0.15) is 31.2 Å². The maximum absolute atomic E-state index is 13.8. The van der Waals surface area contributed by atoms with Crippen molar-refractivity contribution < 1.29 is 21.9 Å². The average molecular weight is 564 g/mol. The molecule has 0 bridgehead atoms. The number of ether oxygens (including phenoxy) is 1. The summed E-state index contributed by atoms with van der Waals surface area (Å²) in [6.45, 7) is 9.05. The summed E-state index contributed by atoms with van der Waals surface area (Å²) in [5, 5.41) is 12.0. The molecule has 1 fully saturated rings. The van der Waals surface area contributed by atoms with Gasteiger partial charge in [0, 0.05) is 32.7 Å². The van der Waals surface area contributed by atoms with E-state index in [0.29, 0.717) is 28.8 Å². The van der Waals surface area contributed by atoms with Gasteiger partial charge in [0.25, 0.3) is 6.43 Å². The van der Waals surface area contributed by atoms with Gasteiger partial charge in [-0.05, 0) is 37.9 Å². The van der Waals surface area contributed by atoms with Crippen LogP contribution in [0.3, 0.4) is 0 Å². The van der Waals surface area contributed by atoms with Crippen LogP contribution in [0.25, 0.3) is 21.6 Å². The lowest BCUT2D eigenvalue weighted by atomic mass is 10.2. The Morgan fingerprint density at radius 1 is 1.29 bits per heavy atom. The van der Waals surface area contributed by atoms with E-state index < -0.39 is 35.1 Å². The fraction of sp³-hybridized carbons (Fsp3) is 0.571. The molecule has 0 atom stereocenters. The summed E-state index contributed by atoms with van der Waals surface area (Å²) >= 11 is 7.23. The van der Waals surface area contributed by atoms with Crippen molar-refractivity contribution in [2.75, 3.05) is 13.3 Å². The molecule has 2 aromatic heterocycles. The van der Waals surface area contributed by atoms with Crippen molar-refractivity contribution in [3.05, 3.63) is 22.2 Å². The summed E-state index contributed by atoms with van der Waals surface area (Å²) in [4.78, 5) is -0.00947. The van der Waals surface area contributed by atoms with Crippen LogP contribution in [0.2, 0.25) is 30.7 Å². The van der Waals surface area contributed by atoms with Crippen molar-refractivity contribution in [3.63, 3.8) is 0 Å². The number of aromatic nitrogens is 4. The molecule has 0 unspecified atom stereocenters. The molecule has 2 heterocycles. The van der Waals surface area contributed by atoms with E-state index in [1.807, 2.05) is 6.92 Å². The Morgan fingerprint density at radius 3 is 2.54 bits per heavy atom. The normalized spacial score (nSPS) is 16.1. The molecule has 8 nitrogen and oxygen atoms in total. The third-order valence-corrected chi connectivity index (χ3v) is 11.0. The maximum atomic E-state index is 13.8. The molecule has 1 aromatic carbocycles. The van der Waals surface area contributed by atoms with E-state index in [-0.39, 0.29) is 27.4 Å². The predicted octanol–water partition coefficient (Wildman–Crippen LogP) is 5.54. The number of nitrogens with zero attached hydrogens (tertiary/aromatic N) is 5. The van der Waals surface area contributed by atoms with Gasteiger partial charge in [0.2, 0.25) is 10.0 Å². The standard InChI is InChI=1S/C21H28ClF2N5O3S2Si/c1-21(6-7-21)29(12-32-8-9-35(3,4)5)34(30,31)13-10-14-16(19-25-26-20(33-19)18(23)24)27-28(2)17(14)15(22)11-13/h10-11,18H,6-9,12H2,1-5H3. The molecular weight excluding hydrogens is 536 g/mol. The molecule has 4 rings (SSSR count). The molecule has 1 aliphatic rings. The molecule has 3 aromatic rings. The van der Waals surface area contributed by atoms with Crippen molar-refractivity contribution in [2.45, 2.75) is 62.3 Å². The summed E-state index contributed by atoms with van der Waals surface area (Å²) in [5.74, 6) is 0. The van der Waals surface area contributed by atoms with E-state index in [9.17, 15) is 17.2 Å². The first-order chi connectivity index (χ1) is 16.2. The SMILES string of the molecule is Cn1nc(-c2nnc(C(F)F)s2)c2cc(S(=O)(=O)N(COCC[Si](C)(C)C)C3(C)CC3)cc(Cl)c21. The molecule has 0 aliphatic heterocycles. The number of benzene rings is 1. The fourth-order valence-electron chi connectivity index (χ4n) is 3.66. The van der Waals surface area contributed by atoms with Gasteiger partial charge in [0.05, 0.1) is 15.4 Å². The summed E-state index contributed by atoms with van der Waals surface area (Å²) in [5.41, 5.74) is 0.203. The van der Waals surface area contributed by atoms with Gasteiger partial charge >= 0.3 is 0 Å². The Hall–Kier alpha value is -1.51. The third-order valence-electron chi connectivity index (χ3n) is 6.06. The van der Waals surface area contributed by atoms with Gasteiger partial charge in [-0.25, -0.2) is 17.2 Å². The number of hydrogen-bond acceptors (Lipinski definition) is 7. The second kappa shape index (κ2) is 9.42. The summed E-state index contributed by atoms with van der Waals surface area (Å²) < 4.78 is 62.4. The van der Waals surface area contributed by atoms with E-state index in [2.05, 4.69) is 34.9 Å². The van der Waals surface area contributed by atoms with Crippen LogP contribution >= 0.6 is 22.9 Å². The lowest BCUT2D eigenvalue weighted by molar-refractivity contribution is 0.0591. The predicted molar refractivity (Wildman–Crippen MR) is 135 cm³/mol. The van der Waals surface area contributed by atoms with Crippen LogP contribution < -0.4 is 0 Å². The number of halogens is 3. The minimum Gasteiger partial charge on any atom is -0.365 e. The molecule has 192 valence electrons. The molecule has 1 aliphatic carbocycles. The van der Waals surface area contributed by atoms with Crippen LogP contribution in [-0.2, 0) is 21.8 Å². The number of hydrogen-bond donors (Lipinski definition) is 0. The van der Waals surface area contributed by atoms with Crippen molar-refractivity contribution in [1.82, 2.24) is 24.3 Å². The first-order valence-electron chi connectivity index (χ1n) is 11.1. The maximum Gasteiger partial charge on any atom is 0.291 e. The zero-order valence-corrected chi connectivity index (χ0v) is 23.6. The van der Waals surface area contributed by atoms with E-state index in [0.717, 1.165) is 18.9 Å². The molecular formula is C21H28ClF2N5O3S2Si. The Morgan fingerprint density at radius 2 is 1.97 bits per heavy atom. The molecule has 35 heavy (non-hydrogen) atoms. The number of sulfonamides is 1. The highest BCUT2D eigenvalue weighted by molar-refractivity contribution is 7.89. The first-order valence-corrected chi connectivity index (χ1v) is 17.5. The Balaban J connectivity index is 1.73. The average Bonchev–Trinajstić information content (AvgIpc) is 3.16. The van der Waals surface area contributed by atoms with Gasteiger partial charge in [0.15, 0.2) is 10.0 Å². The van der Waals surface area contributed by atoms with Crippen LogP contribution in [0.4, 0.5) is 8.78 Å². The van der Waals surface area contributed by atoms with Crippen LogP contribution in [0.15, 0.2) is 17.0 Å². The van der Waals surface area contributed by atoms with E-state index >= 15 is 0 Å². The molecule has 0 radical (unpaired) electrons. The Bertz CT molecular complexity index is 1350. The van der Waals surface area contributed by atoms with Crippen molar-refractivity contribution in [3.8, 4) is 10.7 Å². The van der Waals surface area contributed by atoms with Crippen molar-refractivity contribution in [1.29, 1.82) is 0 Å². The summed E-state index contributed by atoms with van der Waals surface area (Å²) in [7, 11) is -3.66. The lowest BCUT2D eigenvalue weighted by Crippen LogP contribution is -2.42. The molecule has 0 N–H and O–H groups in total. The minimum atomic E-state index is -3.98. The number of aryl methyl sites for hydroxylation is 1. The first kappa shape index (κ1) is 26.5. The monoisotopic (exact) mass is 563 g/mol. The highest BCUT2D eigenvalue weighted by atomic mass is 35.5. The van der Waals surface area contributed by atoms with Crippen molar-refractivity contribution in [2.24, 2.45) is 7.05 Å². The highest BCUT2D eigenvalue weighted by Crippen LogP contribution is 2.45. The number of rotatable bonds is 10. The van der Waals surface area contributed by atoms with Crippen LogP contribution in [0.5, 0.6) is 0 Å². The topological polar surface area (TPSA) is 90.2 Å². The zero-order chi connectivity index (χ0) is 25.8. The molecule has 0 amide bonds. The van der Waals surface area contributed by atoms with Gasteiger partial charge in [-0.1, -0.05) is 42.6 Å². The molecule has 1 saturated carbocycles. The second-order valence-corrected chi connectivity index (χ2v) is 19.1. The van der Waals surface area contributed by atoms with Gasteiger partial charge in [0.1, 0.15) is 12.4 Å². The smallest absolute Gasteiger partial charge is 0.291 e. The van der Waals surface area contributed by atoms with Crippen molar-refractivity contribution >= 4 is 51.9 Å². The largest absolute Gasteiger partial charge is 0.365 e. The van der Waals surface area contributed by atoms with E-state index in [1.54, 1.807) is 7.05 Å². The van der Waals surface area contributed by atoms with Crippen LogP contribution in [-0.4, -0.2) is 59.7 Å². The number of alkyl halides is 2. The summed E-state index contributed by atoms with van der Waals surface area (Å²) in [6, 6.07) is 3.80. The fourth-order valence-corrected chi connectivity index (χ4v) is 7.29. The molecule has 14 heteroatoms. The third kappa shape index (κ3) is 5.44. The Labute approximate surface area is 213 Å². The van der Waals surface area contributed by atoms with E-state index in [4.69, 9.17) is 16.3 Å². The zero-order valence-electron chi connectivity index (χ0n) is 20.2. The Kier molecular flexibility index (Phi) is 7.14. The van der Waals surface area contributed by atoms with Gasteiger partial charge < -0.3 is 4.74 Å². The quantitative estimate of drug-likeness (QED) is 0.183. The van der Waals surface area contributed by atoms with Crippen LogP contribution in [0, 0.1) is 0 Å².